The monoisotopic (exact) mass is 414 g/mol. The SMILES string of the molecule is COC[C@H]1OC2(CCC3=Cc4c(cnn4-c4ccc(F)cc4)C[C@@]32C)O[C@@H]1COC. The van der Waals surface area contributed by atoms with Crippen molar-refractivity contribution in [3.63, 3.8) is 0 Å². The van der Waals surface area contributed by atoms with Crippen LogP contribution in [0.1, 0.15) is 31.0 Å². The maximum Gasteiger partial charge on any atom is 0.179 e. The fourth-order valence-corrected chi connectivity index (χ4v) is 5.25. The molecule has 2 fully saturated rings. The molecule has 1 aliphatic heterocycles. The van der Waals surface area contributed by atoms with Gasteiger partial charge in [-0.1, -0.05) is 12.5 Å². The van der Waals surface area contributed by atoms with Crippen molar-refractivity contribution in [3.8, 4) is 5.69 Å². The Bertz CT molecular complexity index is 956. The molecule has 3 aliphatic rings. The summed E-state index contributed by atoms with van der Waals surface area (Å²) in [4.78, 5) is 0. The number of halogens is 1. The van der Waals surface area contributed by atoms with Gasteiger partial charge in [-0.15, -0.1) is 0 Å². The molecule has 2 heterocycles. The van der Waals surface area contributed by atoms with Crippen molar-refractivity contribution in [3.05, 3.63) is 53.1 Å². The van der Waals surface area contributed by atoms with Gasteiger partial charge < -0.3 is 18.9 Å². The minimum absolute atomic E-state index is 0.158. The van der Waals surface area contributed by atoms with Gasteiger partial charge in [0.2, 0.25) is 0 Å². The van der Waals surface area contributed by atoms with Gasteiger partial charge in [-0.05, 0) is 48.7 Å². The van der Waals surface area contributed by atoms with Crippen LogP contribution in [0.4, 0.5) is 4.39 Å². The molecule has 0 N–H and O–H groups in total. The minimum atomic E-state index is -0.694. The van der Waals surface area contributed by atoms with E-state index in [-0.39, 0.29) is 23.4 Å². The molecule has 7 heteroatoms. The Morgan fingerprint density at radius 3 is 2.43 bits per heavy atom. The van der Waals surface area contributed by atoms with E-state index in [9.17, 15) is 4.39 Å². The number of aromatic nitrogens is 2. The molecule has 5 rings (SSSR count). The molecule has 1 aromatic heterocycles. The lowest BCUT2D eigenvalue weighted by molar-refractivity contribution is -0.228. The Hall–Kier alpha value is -2.06. The van der Waals surface area contributed by atoms with Crippen LogP contribution in [0.15, 0.2) is 36.0 Å². The predicted molar refractivity (Wildman–Crippen MR) is 109 cm³/mol. The summed E-state index contributed by atoms with van der Waals surface area (Å²) in [6.07, 6.45) is 6.26. The van der Waals surface area contributed by atoms with E-state index >= 15 is 0 Å². The highest BCUT2D eigenvalue weighted by molar-refractivity contribution is 5.62. The molecule has 0 bridgehead atoms. The number of hydrogen-bond acceptors (Lipinski definition) is 5. The quantitative estimate of drug-likeness (QED) is 0.749. The summed E-state index contributed by atoms with van der Waals surface area (Å²) in [7, 11) is 3.35. The third-order valence-corrected chi connectivity index (χ3v) is 6.85. The van der Waals surface area contributed by atoms with Crippen LogP contribution in [-0.4, -0.2) is 55.2 Å². The van der Waals surface area contributed by atoms with Gasteiger partial charge >= 0.3 is 0 Å². The van der Waals surface area contributed by atoms with Gasteiger partial charge in [0.15, 0.2) is 5.79 Å². The summed E-state index contributed by atoms with van der Waals surface area (Å²) in [5.41, 5.74) is 4.04. The number of benzene rings is 1. The van der Waals surface area contributed by atoms with Crippen molar-refractivity contribution in [1.82, 2.24) is 9.78 Å². The van der Waals surface area contributed by atoms with E-state index in [1.807, 2.05) is 10.9 Å². The standard InChI is InChI=1S/C23H27FN2O4/c1-22-11-15-12-25-26(18-6-4-17(24)5-7-18)19(15)10-16(22)8-9-23(22)29-20(13-27-2)21(30-23)14-28-3/h4-7,10,12,20-21H,8-9,11,13-14H2,1-3H3/t20-,21-,22+/m1/s1. The van der Waals surface area contributed by atoms with Crippen LogP contribution in [0, 0.1) is 11.2 Å². The molecular formula is C23H27FN2O4. The van der Waals surface area contributed by atoms with Gasteiger partial charge in [0, 0.05) is 26.1 Å². The zero-order chi connectivity index (χ0) is 20.9. The molecule has 1 spiro atoms. The highest BCUT2D eigenvalue weighted by Gasteiger charge is 2.63. The second-order valence-corrected chi connectivity index (χ2v) is 8.60. The highest BCUT2D eigenvalue weighted by atomic mass is 19.1. The zero-order valence-electron chi connectivity index (χ0n) is 17.6. The number of rotatable bonds is 5. The molecule has 1 aromatic carbocycles. The van der Waals surface area contributed by atoms with Crippen LogP contribution in [-0.2, 0) is 25.4 Å². The minimum Gasteiger partial charge on any atom is -0.382 e. The van der Waals surface area contributed by atoms with E-state index < -0.39 is 5.79 Å². The number of fused-ring (bicyclic) bond motifs is 3. The molecule has 2 aromatic rings. The Balaban J connectivity index is 1.49. The summed E-state index contributed by atoms with van der Waals surface area (Å²) in [6, 6.07) is 6.41. The second-order valence-electron chi connectivity index (χ2n) is 8.60. The van der Waals surface area contributed by atoms with Gasteiger partial charge in [0.05, 0.1) is 30.8 Å². The molecule has 0 unspecified atom stereocenters. The number of hydrogen-bond donors (Lipinski definition) is 0. The van der Waals surface area contributed by atoms with Gasteiger partial charge in [-0.3, -0.25) is 0 Å². The van der Waals surface area contributed by atoms with E-state index in [0.29, 0.717) is 13.2 Å². The van der Waals surface area contributed by atoms with Crippen molar-refractivity contribution in [2.45, 2.75) is 44.2 Å². The molecule has 160 valence electrons. The average molecular weight is 414 g/mol. The summed E-state index contributed by atoms with van der Waals surface area (Å²) >= 11 is 0. The maximum absolute atomic E-state index is 13.3. The lowest BCUT2D eigenvalue weighted by Gasteiger charge is -2.42. The summed E-state index contributed by atoms with van der Waals surface area (Å²) in [6.45, 7) is 3.17. The van der Waals surface area contributed by atoms with Crippen LogP contribution >= 0.6 is 0 Å². The fourth-order valence-electron chi connectivity index (χ4n) is 5.25. The van der Waals surface area contributed by atoms with Gasteiger partial charge in [0.1, 0.15) is 18.0 Å². The van der Waals surface area contributed by atoms with Gasteiger partial charge in [0.25, 0.3) is 0 Å². The van der Waals surface area contributed by atoms with E-state index in [4.69, 9.17) is 18.9 Å². The lowest BCUT2D eigenvalue weighted by Crippen LogP contribution is -2.47. The lowest BCUT2D eigenvalue weighted by atomic mass is 9.72. The molecule has 0 amide bonds. The van der Waals surface area contributed by atoms with Crippen molar-refractivity contribution in [2.24, 2.45) is 5.41 Å². The Kier molecular flexibility index (Phi) is 4.82. The maximum atomic E-state index is 13.3. The number of nitrogens with zero attached hydrogens (tertiary/aromatic N) is 2. The average Bonchev–Trinajstić information content (AvgIpc) is 3.37. The topological polar surface area (TPSA) is 54.7 Å². The smallest absolute Gasteiger partial charge is 0.179 e. The molecule has 0 radical (unpaired) electrons. The predicted octanol–water partition coefficient (Wildman–Crippen LogP) is 3.52. The molecule has 6 nitrogen and oxygen atoms in total. The van der Waals surface area contributed by atoms with Crippen LogP contribution in [0.5, 0.6) is 0 Å². The first-order valence-corrected chi connectivity index (χ1v) is 10.4. The third-order valence-electron chi connectivity index (χ3n) is 6.85. The molecule has 2 aliphatic carbocycles. The van der Waals surface area contributed by atoms with Crippen molar-refractivity contribution in [2.75, 3.05) is 27.4 Å². The Morgan fingerprint density at radius 1 is 1.13 bits per heavy atom. The van der Waals surface area contributed by atoms with Crippen LogP contribution < -0.4 is 0 Å². The second kappa shape index (κ2) is 7.27. The number of ether oxygens (including phenoxy) is 4. The third kappa shape index (κ3) is 2.87. The molecule has 3 atom stereocenters. The van der Waals surface area contributed by atoms with Crippen LogP contribution in [0.2, 0.25) is 0 Å². The number of methoxy groups -OCH3 is 2. The fraction of sp³-hybridized carbons (Fsp3) is 0.522. The summed E-state index contributed by atoms with van der Waals surface area (Å²) < 4.78 is 39.1. The van der Waals surface area contributed by atoms with Gasteiger partial charge in [-0.2, -0.15) is 5.10 Å². The first kappa shape index (κ1) is 19.9. The molecule has 1 saturated heterocycles. The molecule has 1 saturated carbocycles. The van der Waals surface area contributed by atoms with Crippen molar-refractivity contribution < 1.29 is 23.3 Å². The summed E-state index contributed by atoms with van der Waals surface area (Å²) in [5.74, 6) is -0.948. The Morgan fingerprint density at radius 2 is 1.80 bits per heavy atom. The first-order chi connectivity index (χ1) is 14.5. The van der Waals surface area contributed by atoms with E-state index in [1.165, 1.54) is 17.7 Å². The van der Waals surface area contributed by atoms with Crippen LogP contribution in [0.3, 0.4) is 0 Å². The van der Waals surface area contributed by atoms with Crippen molar-refractivity contribution in [1.29, 1.82) is 0 Å². The molecule has 30 heavy (non-hydrogen) atoms. The summed E-state index contributed by atoms with van der Waals surface area (Å²) in [5, 5.41) is 4.59. The van der Waals surface area contributed by atoms with E-state index in [0.717, 1.165) is 36.2 Å². The first-order valence-electron chi connectivity index (χ1n) is 10.4. The normalized spacial score (nSPS) is 29.1. The van der Waals surface area contributed by atoms with Crippen LogP contribution in [0.25, 0.3) is 11.8 Å². The van der Waals surface area contributed by atoms with Gasteiger partial charge in [-0.25, -0.2) is 9.07 Å². The zero-order valence-corrected chi connectivity index (χ0v) is 17.6. The molecular weight excluding hydrogens is 387 g/mol. The largest absolute Gasteiger partial charge is 0.382 e. The van der Waals surface area contributed by atoms with E-state index in [1.54, 1.807) is 26.4 Å². The van der Waals surface area contributed by atoms with E-state index in [2.05, 4.69) is 18.1 Å². The Labute approximate surface area is 175 Å². The van der Waals surface area contributed by atoms with Crippen molar-refractivity contribution >= 4 is 6.08 Å². The highest BCUT2D eigenvalue weighted by Crippen LogP contribution is 2.60.